The van der Waals surface area contributed by atoms with Crippen molar-refractivity contribution >= 4 is 23.9 Å². The lowest BCUT2D eigenvalue weighted by atomic mass is 9.98. The zero-order valence-corrected chi connectivity index (χ0v) is 21.3. The van der Waals surface area contributed by atoms with Crippen LogP contribution in [0.15, 0.2) is 11.2 Å². The van der Waals surface area contributed by atoms with E-state index < -0.39 is 11.7 Å². The Morgan fingerprint density at radius 2 is 1.44 bits per heavy atom. The molecular formula is C23H35N4O6S-. The lowest BCUT2D eigenvalue weighted by Crippen LogP contribution is -2.46. The summed E-state index contributed by atoms with van der Waals surface area (Å²) in [7, 11) is 0. The van der Waals surface area contributed by atoms with Gasteiger partial charge in [-0.1, -0.05) is 11.8 Å². The SMILES string of the molecule is CSc1nc(OCC2CCN(C(=O)[O-])CC2)cc(OCC2CCN(C(=O)OC(C)(C)C)CC2)n1. The lowest BCUT2D eigenvalue weighted by molar-refractivity contribution is -0.266. The molecule has 2 saturated heterocycles. The molecule has 0 bridgehead atoms. The van der Waals surface area contributed by atoms with Gasteiger partial charge in [0.15, 0.2) is 5.16 Å². The first kappa shape index (κ1) is 26.2. The van der Waals surface area contributed by atoms with Gasteiger partial charge in [-0.3, -0.25) is 0 Å². The summed E-state index contributed by atoms with van der Waals surface area (Å²) >= 11 is 1.41. The highest BCUT2D eigenvalue weighted by Gasteiger charge is 2.27. The number of thioether (sulfide) groups is 1. The van der Waals surface area contributed by atoms with E-state index in [1.54, 1.807) is 11.0 Å². The topological polar surface area (TPSA) is 117 Å². The molecule has 2 amide bonds. The molecule has 0 N–H and O–H groups in total. The largest absolute Gasteiger partial charge is 0.530 e. The van der Waals surface area contributed by atoms with Gasteiger partial charge in [-0.2, -0.15) is 9.97 Å². The van der Waals surface area contributed by atoms with Gasteiger partial charge in [-0.05, 0) is 64.5 Å². The molecule has 11 heteroatoms. The summed E-state index contributed by atoms with van der Waals surface area (Å²) in [5, 5.41) is 11.5. The summed E-state index contributed by atoms with van der Waals surface area (Å²) in [6.45, 7) is 8.81. The first-order chi connectivity index (χ1) is 16.1. The maximum Gasteiger partial charge on any atom is 0.410 e. The van der Waals surface area contributed by atoms with Gasteiger partial charge in [0.25, 0.3) is 0 Å². The standard InChI is InChI=1S/C23H36N4O6S/c1-23(2,3)33-22(30)27-11-7-17(8-12-27)15-32-19-13-18(24-20(25-19)34-4)31-14-16-5-9-26(10-6-16)21(28)29/h13,16-17H,5-12,14-15H2,1-4H3,(H,28,29)/p-1. The van der Waals surface area contributed by atoms with E-state index in [0.717, 1.165) is 25.7 Å². The Hall–Kier alpha value is -2.43. The van der Waals surface area contributed by atoms with Crippen molar-refractivity contribution < 1.29 is 28.9 Å². The molecule has 10 nitrogen and oxygen atoms in total. The third-order valence-electron chi connectivity index (χ3n) is 5.91. The Labute approximate surface area is 205 Å². The van der Waals surface area contributed by atoms with Crippen LogP contribution in [0.2, 0.25) is 0 Å². The number of carbonyl (C=O) groups excluding carboxylic acids is 2. The summed E-state index contributed by atoms with van der Waals surface area (Å²) in [6.07, 6.45) is 3.67. The van der Waals surface area contributed by atoms with Crippen molar-refractivity contribution in [1.82, 2.24) is 19.8 Å². The van der Waals surface area contributed by atoms with Crippen LogP contribution in [0.4, 0.5) is 9.59 Å². The molecule has 0 atom stereocenters. The molecule has 0 aromatic carbocycles. The molecule has 2 aliphatic rings. The second-order valence-corrected chi connectivity index (χ2v) is 10.5. The van der Waals surface area contributed by atoms with Gasteiger partial charge in [0, 0.05) is 26.2 Å². The smallest absolute Gasteiger partial charge is 0.410 e. The fraction of sp³-hybridized carbons (Fsp3) is 0.739. The molecule has 0 saturated carbocycles. The number of rotatable bonds is 7. The molecule has 0 radical (unpaired) electrons. The van der Waals surface area contributed by atoms with Gasteiger partial charge >= 0.3 is 6.09 Å². The van der Waals surface area contributed by atoms with Crippen molar-refractivity contribution in [3.63, 3.8) is 0 Å². The predicted molar refractivity (Wildman–Crippen MR) is 125 cm³/mol. The van der Waals surface area contributed by atoms with Crippen LogP contribution in [0.3, 0.4) is 0 Å². The van der Waals surface area contributed by atoms with Crippen molar-refractivity contribution in [3.05, 3.63) is 6.07 Å². The second-order valence-electron chi connectivity index (χ2n) is 9.76. The summed E-state index contributed by atoms with van der Waals surface area (Å²) in [5.74, 6) is 1.51. The van der Waals surface area contributed by atoms with Crippen LogP contribution >= 0.6 is 11.8 Å². The van der Waals surface area contributed by atoms with Gasteiger partial charge < -0.3 is 33.9 Å². The van der Waals surface area contributed by atoms with E-state index in [0.29, 0.717) is 62.2 Å². The minimum atomic E-state index is -1.11. The third kappa shape index (κ3) is 8.11. The highest BCUT2D eigenvalue weighted by Crippen LogP contribution is 2.25. The maximum atomic E-state index is 12.2. The van der Waals surface area contributed by atoms with Crippen molar-refractivity contribution in [2.45, 2.75) is 57.2 Å². The van der Waals surface area contributed by atoms with Gasteiger partial charge in [-0.15, -0.1) is 0 Å². The number of amides is 2. The molecule has 34 heavy (non-hydrogen) atoms. The Morgan fingerprint density at radius 3 is 1.85 bits per heavy atom. The minimum Gasteiger partial charge on any atom is -0.530 e. The van der Waals surface area contributed by atoms with Gasteiger partial charge in [-0.25, -0.2) is 4.79 Å². The van der Waals surface area contributed by atoms with Crippen LogP contribution < -0.4 is 14.6 Å². The van der Waals surface area contributed by atoms with Crippen LogP contribution in [-0.4, -0.2) is 83.2 Å². The molecule has 0 aliphatic carbocycles. The molecule has 0 unspecified atom stereocenters. The van der Waals surface area contributed by atoms with E-state index in [9.17, 15) is 14.7 Å². The number of carboxylic acid groups (broad SMARTS) is 1. The van der Waals surface area contributed by atoms with Crippen molar-refractivity contribution in [1.29, 1.82) is 0 Å². The second kappa shape index (κ2) is 11.8. The van der Waals surface area contributed by atoms with E-state index in [1.807, 2.05) is 27.0 Å². The molecule has 1 aromatic rings. The fourth-order valence-corrected chi connectivity index (χ4v) is 4.28. The first-order valence-electron chi connectivity index (χ1n) is 11.8. The molecular weight excluding hydrogens is 460 g/mol. The zero-order valence-electron chi connectivity index (χ0n) is 20.4. The van der Waals surface area contributed by atoms with Gasteiger partial charge in [0.05, 0.1) is 19.3 Å². The number of hydrogen-bond donors (Lipinski definition) is 0. The average molecular weight is 496 g/mol. The highest BCUT2D eigenvalue weighted by atomic mass is 32.2. The van der Waals surface area contributed by atoms with Crippen molar-refractivity contribution in [2.24, 2.45) is 11.8 Å². The molecule has 3 rings (SSSR count). The molecule has 2 fully saturated rings. The number of likely N-dealkylation sites (tertiary alicyclic amines) is 2. The molecule has 190 valence electrons. The van der Waals surface area contributed by atoms with E-state index in [-0.39, 0.29) is 12.0 Å². The molecule has 2 aliphatic heterocycles. The third-order valence-corrected chi connectivity index (χ3v) is 6.46. The highest BCUT2D eigenvalue weighted by molar-refractivity contribution is 7.98. The summed E-state index contributed by atoms with van der Waals surface area (Å²) in [4.78, 5) is 35.1. The van der Waals surface area contributed by atoms with Crippen molar-refractivity contribution in [2.75, 3.05) is 45.6 Å². The zero-order chi connectivity index (χ0) is 24.7. The van der Waals surface area contributed by atoms with Gasteiger partial charge in [0.1, 0.15) is 11.7 Å². The average Bonchev–Trinajstić information content (AvgIpc) is 2.80. The molecule has 0 spiro atoms. The number of ether oxygens (including phenoxy) is 3. The maximum absolute atomic E-state index is 12.2. The Balaban J connectivity index is 1.46. The van der Waals surface area contributed by atoms with Crippen LogP contribution in [0.5, 0.6) is 11.8 Å². The van der Waals surface area contributed by atoms with E-state index >= 15 is 0 Å². The predicted octanol–water partition coefficient (Wildman–Crippen LogP) is 2.66. The van der Waals surface area contributed by atoms with Crippen LogP contribution in [0.1, 0.15) is 46.5 Å². The fourth-order valence-electron chi connectivity index (χ4n) is 3.92. The normalized spacial score (nSPS) is 18.0. The van der Waals surface area contributed by atoms with E-state index in [1.165, 1.54) is 16.7 Å². The van der Waals surface area contributed by atoms with Gasteiger partial charge in [0.2, 0.25) is 11.8 Å². The summed E-state index contributed by atoms with van der Waals surface area (Å²) in [5.41, 5.74) is -0.494. The van der Waals surface area contributed by atoms with Crippen LogP contribution in [0.25, 0.3) is 0 Å². The number of hydrogen-bond acceptors (Lipinski definition) is 9. The van der Waals surface area contributed by atoms with E-state index in [2.05, 4.69) is 9.97 Å². The Bertz CT molecular complexity index is 833. The quantitative estimate of drug-likeness (QED) is 0.415. The van der Waals surface area contributed by atoms with Crippen LogP contribution in [-0.2, 0) is 4.74 Å². The molecule has 3 heterocycles. The number of piperidine rings is 2. The van der Waals surface area contributed by atoms with Crippen molar-refractivity contribution in [3.8, 4) is 11.8 Å². The van der Waals surface area contributed by atoms with E-state index in [4.69, 9.17) is 14.2 Å². The number of carbonyl (C=O) groups is 2. The summed E-state index contributed by atoms with van der Waals surface area (Å²) < 4.78 is 17.3. The molecule has 1 aromatic heterocycles. The first-order valence-corrected chi connectivity index (χ1v) is 13.0. The number of aromatic nitrogens is 2. The lowest BCUT2D eigenvalue weighted by Gasteiger charge is -2.33. The Morgan fingerprint density at radius 1 is 0.971 bits per heavy atom. The number of nitrogens with zero attached hydrogens (tertiary/aromatic N) is 4. The minimum absolute atomic E-state index is 0.264. The Kier molecular flexibility index (Phi) is 9.10. The van der Waals surface area contributed by atoms with Crippen LogP contribution in [0, 0.1) is 11.8 Å². The summed E-state index contributed by atoms with van der Waals surface area (Å²) in [6, 6.07) is 1.70. The monoisotopic (exact) mass is 495 g/mol.